The predicted molar refractivity (Wildman–Crippen MR) is 107 cm³/mol. The number of para-hydroxylation sites is 1. The molecule has 26 heavy (non-hydrogen) atoms. The Labute approximate surface area is 161 Å². The maximum Gasteiger partial charge on any atom is 0.225 e. The standard InChI is InChI=1S/C19H19ClN4OS/c1-2-24-18(14-8-10-15(20)11-9-14)22-23-19(24)26-13-12-17(25)21-16-6-4-3-5-7-16/h3-11H,2,12-13H2,1H3,(H,21,25). The minimum atomic E-state index is -0.0100. The van der Waals surface area contributed by atoms with Crippen molar-refractivity contribution in [2.45, 2.75) is 25.0 Å². The van der Waals surface area contributed by atoms with E-state index < -0.39 is 0 Å². The van der Waals surface area contributed by atoms with Crippen molar-refractivity contribution in [1.82, 2.24) is 14.8 Å². The number of halogens is 1. The van der Waals surface area contributed by atoms with E-state index in [0.717, 1.165) is 28.8 Å². The van der Waals surface area contributed by atoms with Gasteiger partial charge in [-0.2, -0.15) is 0 Å². The van der Waals surface area contributed by atoms with Crippen molar-refractivity contribution in [3.05, 3.63) is 59.6 Å². The maximum absolute atomic E-state index is 12.0. The lowest BCUT2D eigenvalue weighted by atomic mass is 10.2. The van der Waals surface area contributed by atoms with E-state index in [1.54, 1.807) is 0 Å². The molecule has 3 rings (SSSR count). The normalized spacial score (nSPS) is 10.7. The first-order valence-electron chi connectivity index (χ1n) is 8.34. The fourth-order valence-corrected chi connectivity index (χ4v) is 3.54. The average molecular weight is 387 g/mol. The van der Waals surface area contributed by atoms with Crippen LogP contribution >= 0.6 is 23.4 Å². The third kappa shape index (κ3) is 4.65. The van der Waals surface area contributed by atoms with Gasteiger partial charge in [0.25, 0.3) is 0 Å². The Morgan fingerprint density at radius 3 is 2.54 bits per heavy atom. The van der Waals surface area contributed by atoms with E-state index in [1.807, 2.05) is 59.2 Å². The molecular weight excluding hydrogens is 368 g/mol. The number of carbonyl (C=O) groups excluding carboxylic acids is 1. The molecule has 0 radical (unpaired) electrons. The first kappa shape index (κ1) is 18.5. The SMILES string of the molecule is CCn1c(SCCC(=O)Nc2ccccc2)nnc1-c1ccc(Cl)cc1. The molecule has 2 aromatic carbocycles. The fraction of sp³-hybridized carbons (Fsp3) is 0.211. The highest BCUT2D eigenvalue weighted by Gasteiger charge is 2.13. The van der Waals surface area contributed by atoms with Crippen LogP contribution in [0.5, 0.6) is 0 Å². The van der Waals surface area contributed by atoms with Crippen molar-refractivity contribution < 1.29 is 4.79 Å². The Kier molecular flexibility index (Phi) is 6.30. The molecule has 0 saturated heterocycles. The van der Waals surface area contributed by atoms with Gasteiger partial charge in [-0.3, -0.25) is 4.79 Å². The summed E-state index contributed by atoms with van der Waals surface area (Å²) < 4.78 is 2.04. The molecule has 1 aromatic heterocycles. The number of hydrogen-bond donors (Lipinski definition) is 1. The Morgan fingerprint density at radius 1 is 1.12 bits per heavy atom. The van der Waals surface area contributed by atoms with Gasteiger partial charge < -0.3 is 9.88 Å². The lowest BCUT2D eigenvalue weighted by Crippen LogP contribution is -2.12. The van der Waals surface area contributed by atoms with Crippen LogP contribution < -0.4 is 5.32 Å². The number of rotatable bonds is 7. The Bertz CT molecular complexity index is 865. The summed E-state index contributed by atoms with van der Waals surface area (Å²) in [6, 6.07) is 17.0. The molecule has 3 aromatic rings. The van der Waals surface area contributed by atoms with E-state index >= 15 is 0 Å². The van der Waals surface area contributed by atoms with Gasteiger partial charge in [0.05, 0.1) is 0 Å². The van der Waals surface area contributed by atoms with Gasteiger partial charge in [0.2, 0.25) is 5.91 Å². The lowest BCUT2D eigenvalue weighted by Gasteiger charge is -2.08. The number of benzene rings is 2. The second-order valence-electron chi connectivity index (χ2n) is 5.57. The van der Waals surface area contributed by atoms with Crippen molar-refractivity contribution in [3.63, 3.8) is 0 Å². The summed E-state index contributed by atoms with van der Waals surface area (Å²) in [5, 5.41) is 13.0. The summed E-state index contributed by atoms with van der Waals surface area (Å²) in [6.07, 6.45) is 0.409. The van der Waals surface area contributed by atoms with Gasteiger partial charge in [0.1, 0.15) is 0 Å². The van der Waals surface area contributed by atoms with Crippen molar-refractivity contribution in [2.75, 3.05) is 11.1 Å². The molecule has 0 fully saturated rings. The zero-order valence-corrected chi connectivity index (χ0v) is 15.9. The third-order valence-electron chi connectivity index (χ3n) is 3.75. The van der Waals surface area contributed by atoms with Crippen LogP contribution in [-0.2, 0) is 11.3 Å². The van der Waals surface area contributed by atoms with E-state index in [0.29, 0.717) is 17.2 Å². The second-order valence-corrected chi connectivity index (χ2v) is 7.07. The summed E-state index contributed by atoms with van der Waals surface area (Å²) in [6.45, 7) is 2.80. The van der Waals surface area contributed by atoms with Crippen LogP contribution in [0.1, 0.15) is 13.3 Å². The van der Waals surface area contributed by atoms with E-state index in [1.165, 1.54) is 11.8 Å². The summed E-state index contributed by atoms with van der Waals surface area (Å²) in [7, 11) is 0. The van der Waals surface area contributed by atoms with Crippen LogP contribution in [0.25, 0.3) is 11.4 Å². The quantitative estimate of drug-likeness (QED) is 0.596. The van der Waals surface area contributed by atoms with Crippen molar-refractivity contribution in [1.29, 1.82) is 0 Å². The lowest BCUT2D eigenvalue weighted by molar-refractivity contribution is -0.115. The highest BCUT2D eigenvalue weighted by atomic mass is 35.5. The molecule has 1 N–H and O–H groups in total. The number of carbonyl (C=O) groups is 1. The van der Waals surface area contributed by atoms with E-state index in [4.69, 9.17) is 11.6 Å². The van der Waals surface area contributed by atoms with Crippen LogP contribution in [0.3, 0.4) is 0 Å². The van der Waals surface area contributed by atoms with Crippen LogP contribution in [-0.4, -0.2) is 26.4 Å². The molecule has 7 heteroatoms. The van der Waals surface area contributed by atoms with Gasteiger partial charge in [-0.05, 0) is 43.3 Å². The molecule has 0 bridgehead atoms. The molecule has 0 saturated carbocycles. The van der Waals surface area contributed by atoms with Crippen molar-refractivity contribution >= 4 is 35.0 Å². The Balaban J connectivity index is 1.60. The molecule has 0 spiro atoms. The fourth-order valence-electron chi connectivity index (χ4n) is 2.47. The van der Waals surface area contributed by atoms with Gasteiger partial charge >= 0.3 is 0 Å². The molecule has 0 aliphatic carbocycles. The zero-order valence-electron chi connectivity index (χ0n) is 14.4. The molecule has 0 atom stereocenters. The maximum atomic E-state index is 12.0. The van der Waals surface area contributed by atoms with E-state index in [2.05, 4.69) is 22.4 Å². The monoisotopic (exact) mass is 386 g/mol. The second kappa shape index (κ2) is 8.87. The van der Waals surface area contributed by atoms with Gasteiger partial charge in [-0.1, -0.05) is 41.6 Å². The van der Waals surface area contributed by atoms with Crippen molar-refractivity contribution in [2.24, 2.45) is 0 Å². The minimum Gasteiger partial charge on any atom is -0.326 e. The average Bonchev–Trinajstić information content (AvgIpc) is 3.06. The van der Waals surface area contributed by atoms with Gasteiger partial charge in [0.15, 0.2) is 11.0 Å². The molecule has 0 aliphatic heterocycles. The first-order valence-corrected chi connectivity index (χ1v) is 9.70. The van der Waals surface area contributed by atoms with Crippen LogP contribution in [0.2, 0.25) is 5.02 Å². The predicted octanol–water partition coefficient (Wildman–Crippen LogP) is 4.74. The third-order valence-corrected chi connectivity index (χ3v) is 4.97. The smallest absolute Gasteiger partial charge is 0.225 e. The van der Waals surface area contributed by atoms with Crippen LogP contribution in [0.4, 0.5) is 5.69 Å². The topological polar surface area (TPSA) is 59.8 Å². The number of thioether (sulfide) groups is 1. The summed E-state index contributed by atoms with van der Waals surface area (Å²) in [5.41, 5.74) is 1.78. The zero-order chi connectivity index (χ0) is 18.4. The van der Waals surface area contributed by atoms with Crippen LogP contribution in [0, 0.1) is 0 Å². The Hall–Kier alpha value is -2.31. The highest BCUT2D eigenvalue weighted by Crippen LogP contribution is 2.25. The van der Waals surface area contributed by atoms with Gasteiger partial charge in [-0.25, -0.2) is 0 Å². The highest BCUT2D eigenvalue weighted by molar-refractivity contribution is 7.99. The van der Waals surface area contributed by atoms with Crippen LogP contribution in [0.15, 0.2) is 59.8 Å². The van der Waals surface area contributed by atoms with Gasteiger partial charge in [-0.15, -0.1) is 10.2 Å². The molecule has 5 nitrogen and oxygen atoms in total. The summed E-state index contributed by atoms with van der Waals surface area (Å²) in [4.78, 5) is 12.0. The minimum absolute atomic E-state index is 0.0100. The number of nitrogens with one attached hydrogen (secondary N) is 1. The molecule has 1 amide bonds. The molecule has 134 valence electrons. The van der Waals surface area contributed by atoms with Crippen molar-refractivity contribution in [3.8, 4) is 11.4 Å². The number of nitrogens with zero attached hydrogens (tertiary/aromatic N) is 3. The number of amides is 1. The van der Waals surface area contributed by atoms with E-state index in [-0.39, 0.29) is 5.91 Å². The molecule has 0 unspecified atom stereocenters. The van der Waals surface area contributed by atoms with E-state index in [9.17, 15) is 4.79 Å². The Morgan fingerprint density at radius 2 is 1.85 bits per heavy atom. The molecule has 0 aliphatic rings. The number of hydrogen-bond acceptors (Lipinski definition) is 4. The largest absolute Gasteiger partial charge is 0.326 e. The number of anilines is 1. The first-order chi connectivity index (χ1) is 12.7. The molecule has 1 heterocycles. The summed E-state index contributed by atoms with van der Waals surface area (Å²) in [5.74, 6) is 1.43. The van der Waals surface area contributed by atoms with Gasteiger partial charge in [0, 0.05) is 35.0 Å². The number of aromatic nitrogens is 3. The summed E-state index contributed by atoms with van der Waals surface area (Å²) >= 11 is 7.48. The molecular formula is C19H19ClN4OS.